The van der Waals surface area contributed by atoms with E-state index in [2.05, 4.69) is 19.9 Å². The maximum atomic E-state index is 12.6. The Morgan fingerprint density at radius 2 is 1.55 bits per heavy atom. The van der Waals surface area contributed by atoms with E-state index in [1.54, 1.807) is 11.3 Å². The molecule has 0 aliphatic heterocycles. The van der Waals surface area contributed by atoms with Crippen molar-refractivity contribution in [2.24, 2.45) is 0 Å². The van der Waals surface area contributed by atoms with Gasteiger partial charge in [-0.3, -0.25) is 4.79 Å². The minimum atomic E-state index is 0.167. The first-order chi connectivity index (χ1) is 10.4. The van der Waals surface area contributed by atoms with Crippen LogP contribution in [-0.2, 0) is 4.79 Å². The molecule has 0 saturated carbocycles. The van der Waals surface area contributed by atoms with Gasteiger partial charge in [-0.15, -0.1) is 11.3 Å². The molecule has 2 aromatic carbocycles. The van der Waals surface area contributed by atoms with E-state index in [-0.39, 0.29) is 11.2 Å². The van der Waals surface area contributed by atoms with Crippen LogP contribution < -0.4 is 5.43 Å². The van der Waals surface area contributed by atoms with E-state index in [1.165, 1.54) is 13.8 Å². The van der Waals surface area contributed by atoms with Crippen LogP contribution >= 0.6 is 11.3 Å². The van der Waals surface area contributed by atoms with E-state index >= 15 is 0 Å². The molecule has 1 aromatic heterocycles. The predicted octanol–water partition coefficient (Wildman–Crippen LogP) is 5.13. The highest BCUT2D eigenvalue weighted by molar-refractivity contribution is 7.24. The number of hydrogen-bond acceptors (Lipinski definition) is 3. The minimum absolute atomic E-state index is 0.167. The summed E-state index contributed by atoms with van der Waals surface area (Å²) in [5.41, 5.74) is 1.32. The van der Waals surface area contributed by atoms with Gasteiger partial charge in [-0.25, -0.2) is 0 Å². The van der Waals surface area contributed by atoms with Gasteiger partial charge >= 0.3 is 0 Å². The van der Waals surface area contributed by atoms with E-state index in [9.17, 15) is 9.59 Å². The molecule has 1 heterocycles. The van der Waals surface area contributed by atoms with Crippen molar-refractivity contribution in [3.63, 3.8) is 0 Å². The minimum Gasteiger partial charge on any atom is -0.300 e. The van der Waals surface area contributed by atoms with Crippen LogP contribution in [0.2, 0.25) is 0 Å². The van der Waals surface area contributed by atoms with Crippen LogP contribution in [-0.4, -0.2) is 5.78 Å². The number of Topliss-reactive ketones (excluding diaryl/α,β-unsaturated/α-hetero) is 1. The highest BCUT2D eigenvalue weighted by Crippen LogP contribution is 2.29. The maximum absolute atomic E-state index is 12.6. The van der Waals surface area contributed by atoms with Crippen molar-refractivity contribution >= 4 is 37.3 Å². The molecule has 0 aliphatic rings. The molecule has 22 heavy (non-hydrogen) atoms. The molecule has 0 saturated heterocycles. The van der Waals surface area contributed by atoms with Crippen LogP contribution in [0.25, 0.3) is 20.2 Å². The van der Waals surface area contributed by atoms with Crippen molar-refractivity contribution in [3.8, 4) is 0 Å². The van der Waals surface area contributed by atoms with E-state index in [1.807, 2.05) is 36.4 Å². The molecule has 3 heteroatoms. The summed E-state index contributed by atoms with van der Waals surface area (Å²) < 4.78 is 2.15. The lowest BCUT2D eigenvalue weighted by atomic mass is 9.98. The van der Waals surface area contributed by atoms with Crippen molar-refractivity contribution in [2.75, 3.05) is 0 Å². The quantitative estimate of drug-likeness (QED) is 0.583. The average molecular weight is 312 g/mol. The summed E-state index contributed by atoms with van der Waals surface area (Å²) in [6, 6.07) is 14.0. The van der Waals surface area contributed by atoms with Crippen LogP contribution in [0.1, 0.15) is 39.2 Å². The lowest BCUT2D eigenvalue weighted by Gasteiger charge is -2.09. The molecular formula is C19H20O2S. The fourth-order valence-corrected chi connectivity index (χ4v) is 3.47. The summed E-state index contributed by atoms with van der Waals surface area (Å²) in [6.45, 7) is 7.32. The van der Waals surface area contributed by atoms with Crippen molar-refractivity contribution in [2.45, 2.75) is 33.6 Å². The normalized spacial score (nSPS) is 10.6. The summed E-state index contributed by atoms with van der Waals surface area (Å²) in [5, 5.41) is 1.74. The van der Waals surface area contributed by atoms with Crippen LogP contribution in [0.5, 0.6) is 0 Å². The van der Waals surface area contributed by atoms with Gasteiger partial charge in [-0.05, 0) is 43.5 Å². The van der Waals surface area contributed by atoms with E-state index in [0.29, 0.717) is 5.92 Å². The molecule has 0 fully saturated rings. The molecular weight excluding hydrogens is 292 g/mol. The van der Waals surface area contributed by atoms with E-state index in [0.717, 1.165) is 25.7 Å². The Labute approximate surface area is 134 Å². The molecule has 2 nitrogen and oxygen atoms in total. The molecule has 0 unspecified atom stereocenters. The fourth-order valence-electron chi connectivity index (χ4n) is 2.35. The third-order valence-electron chi connectivity index (χ3n) is 3.26. The first-order valence-corrected chi connectivity index (χ1v) is 8.15. The number of fused-ring (bicyclic) bond motifs is 2. The van der Waals surface area contributed by atoms with Gasteiger partial charge in [0.2, 0.25) is 0 Å². The van der Waals surface area contributed by atoms with Crippen LogP contribution in [0, 0.1) is 0 Å². The number of rotatable bonds is 1. The molecule has 0 spiro atoms. The fraction of sp³-hybridized carbons (Fsp3) is 0.263. The molecule has 0 radical (unpaired) electrons. The topological polar surface area (TPSA) is 34.1 Å². The van der Waals surface area contributed by atoms with Gasteiger partial charge in [0.15, 0.2) is 5.43 Å². The first-order valence-electron chi connectivity index (χ1n) is 7.33. The summed E-state index contributed by atoms with van der Waals surface area (Å²) >= 11 is 1.70. The standard InChI is InChI=1S/C16H14OS.C3H6O/c1-10(2)11-7-5-9-14-15(11)16(17)12-6-3-4-8-13(12)18-14;1-3(2)4/h3-10H,1-2H3;1-2H3. The Morgan fingerprint density at radius 3 is 2.18 bits per heavy atom. The van der Waals surface area contributed by atoms with E-state index < -0.39 is 0 Å². The first kappa shape index (κ1) is 16.4. The number of hydrogen-bond donors (Lipinski definition) is 0. The van der Waals surface area contributed by atoms with Crippen molar-refractivity contribution in [1.29, 1.82) is 0 Å². The van der Waals surface area contributed by atoms with Crippen molar-refractivity contribution in [1.82, 2.24) is 0 Å². The largest absolute Gasteiger partial charge is 0.300 e. The molecule has 3 aromatic rings. The molecule has 0 aliphatic carbocycles. The molecule has 0 bridgehead atoms. The zero-order valence-corrected chi connectivity index (χ0v) is 14.2. The molecule has 0 N–H and O–H groups in total. The summed E-state index contributed by atoms with van der Waals surface area (Å²) in [5.74, 6) is 0.537. The third kappa shape index (κ3) is 3.42. The summed E-state index contributed by atoms with van der Waals surface area (Å²) in [7, 11) is 0. The Hall–Kier alpha value is -2.00. The summed E-state index contributed by atoms with van der Waals surface area (Å²) in [4.78, 5) is 22.1. The maximum Gasteiger partial charge on any atom is 0.196 e. The average Bonchev–Trinajstić information content (AvgIpc) is 2.46. The summed E-state index contributed by atoms with van der Waals surface area (Å²) in [6.07, 6.45) is 0. The van der Waals surface area contributed by atoms with Crippen molar-refractivity contribution in [3.05, 3.63) is 58.3 Å². The number of carbonyl (C=O) groups excluding carboxylic acids is 1. The molecule has 3 rings (SSSR count). The monoisotopic (exact) mass is 312 g/mol. The number of carbonyl (C=O) groups is 1. The number of ketones is 1. The van der Waals surface area contributed by atoms with E-state index in [4.69, 9.17) is 0 Å². The Kier molecular flexibility index (Phi) is 5.09. The zero-order valence-electron chi connectivity index (χ0n) is 13.3. The van der Waals surface area contributed by atoms with Crippen LogP contribution in [0.3, 0.4) is 0 Å². The molecule has 114 valence electrons. The van der Waals surface area contributed by atoms with Gasteiger partial charge in [0.05, 0.1) is 0 Å². The smallest absolute Gasteiger partial charge is 0.196 e. The SMILES string of the molecule is CC(C)=O.CC(C)c1cccc2sc3ccccc3c(=O)c12. The zero-order chi connectivity index (χ0) is 16.3. The third-order valence-corrected chi connectivity index (χ3v) is 4.40. The lowest BCUT2D eigenvalue weighted by molar-refractivity contribution is -0.114. The van der Waals surface area contributed by atoms with Gasteiger partial charge in [0.1, 0.15) is 5.78 Å². The van der Waals surface area contributed by atoms with Gasteiger partial charge in [-0.1, -0.05) is 38.1 Å². The molecule has 0 amide bonds. The Balaban J connectivity index is 0.000000396. The second kappa shape index (κ2) is 6.84. The Bertz CT molecular complexity index is 871. The second-order valence-electron chi connectivity index (χ2n) is 5.71. The van der Waals surface area contributed by atoms with Gasteiger partial charge in [0.25, 0.3) is 0 Å². The second-order valence-corrected chi connectivity index (χ2v) is 6.79. The highest BCUT2D eigenvalue weighted by Gasteiger charge is 2.11. The van der Waals surface area contributed by atoms with Crippen molar-refractivity contribution < 1.29 is 4.79 Å². The lowest BCUT2D eigenvalue weighted by Crippen LogP contribution is -2.05. The van der Waals surface area contributed by atoms with Crippen LogP contribution in [0.4, 0.5) is 0 Å². The van der Waals surface area contributed by atoms with Gasteiger partial charge in [-0.2, -0.15) is 0 Å². The predicted molar refractivity (Wildman–Crippen MR) is 96.0 cm³/mol. The van der Waals surface area contributed by atoms with Gasteiger partial charge in [0, 0.05) is 20.2 Å². The van der Waals surface area contributed by atoms with Gasteiger partial charge < -0.3 is 4.79 Å². The highest BCUT2D eigenvalue weighted by atomic mass is 32.1. The molecule has 0 atom stereocenters. The Morgan fingerprint density at radius 1 is 0.955 bits per heavy atom. The van der Waals surface area contributed by atoms with Crippen LogP contribution in [0.15, 0.2) is 47.3 Å². The number of benzene rings is 2.